The van der Waals surface area contributed by atoms with E-state index in [1.807, 2.05) is 18.2 Å². The van der Waals surface area contributed by atoms with Gasteiger partial charge in [-0.25, -0.2) is 8.78 Å². The maximum atomic E-state index is 13.2. The van der Waals surface area contributed by atoms with Gasteiger partial charge in [-0.3, -0.25) is 0 Å². The lowest BCUT2D eigenvalue weighted by molar-refractivity contribution is 0.314. The molecule has 0 radical (unpaired) electrons. The van der Waals surface area contributed by atoms with E-state index in [2.05, 4.69) is 23.6 Å². The molecule has 134 valence electrons. The van der Waals surface area contributed by atoms with Gasteiger partial charge in [-0.15, -0.1) is 0 Å². The zero-order chi connectivity index (χ0) is 18.1. The number of aryl methyl sites for hydroxylation is 1. The number of para-hydroxylation sites is 1. The van der Waals surface area contributed by atoms with Crippen LogP contribution < -0.4 is 15.4 Å². The van der Waals surface area contributed by atoms with Crippen molar-refractivity contribution in [3.63, 3.8) is 0 Å². The zero-order valence-electron chi connectivity index (χ0n) is 14.1. The predicted molar refractivity (Wildman–Crippen MR) is 101 cm³/mol. The first-order valence-corrected chi connectivity index (χ1v) is 8.71. The van der Waals surface area contributed by atoms with E-state index < -0.39 is 11.6 Å². The van der Waals surface area contributed by atoms with Crippen LogP contribution in [0, 0.1) is 11.6 Å². The lowest BCUT2D eigenvalue weighted by atomic mass is 10.1. The SMILES string of the molecule is CCCOc1ccccc1CCCNC(=S)Nc1ccc(F)c(F)c1. The highest BCUT2D eigenvalue weighted by Crippen LogP contribution is 2.19. The first-order chi connectivity index (χ1) is 12.1. The van der Waals surface area contributed by atoms with Crippen molar-refractivity contribution in [3.05, 3.63) is 59.7 Å². The molecule has 0 saturated heterocycles. The number of halogens is 2. The van der Waals surface area contributed by atoms with Gasteiger partial charge in [-0.1, -0.05) is 25.1 Å². The number of benzene rings is 2. The van der Waals surface area contributed by atoms with Gasteiger partial charge in [0.15, 0.2) is 16.7 Å². The highest BCUT2D eigenvalue weighted by molar-refractivity contribution is 7.80. The van der Waals surface area contributed by atoms with Crippen LogP contribution in [0.4, 0.5) is 14.5 Å². The summed E-state index contributed by atoms with van der Waals surface area (Å²) in [6, 6.07) is 11.6. The third-order valence-electron chi connectivity index (χ3n) is 3.52. The third kappa shape index (κ3) is 6.31. The van der Waals surface area contributed by atoms with Crippen LogP contribution in [0.15, 0.2) is 42.5 Å². The summed E-state index contributed by atoms with van der Waals surface area (Å²) >= 11 is 5.16. The monoisotopic (exact) mass is 364 g/mol. The number of nitrogens with one attached hydrogen (secondary N) is 2. The number of thiocarbonyl (C=S) groups is 1. The van der Waals surface area contributed by atoms with Crippen molar-refractivity contribution in [2.45, 2.75) is 26.2 Å². The molecule has 0 bridgehead atoms. The van der Waals surface area contributed by atoms with E-state index in [1.54, 1.807) is 0 Å². The molecule has 0 unspecified atom stereocenters. The van der Waals surface area contributed by atoms with E-state index in [4.69, 9.17) is 17.0 Å². The predicted octanol–water partition coefficient (Wildman–Crippen LogP) is 4.67. The van der Waals surface area contributed by atoms with Crippen LogP contribution in [0.5, 0.6) is 5.75 Å². The summed E-state index contributed by atoms with van der Waals surface area (Å²) in [6.07, 6.45) is 2.70. The topological polar surface area (TPSA) is 33.3 Å². The van der Waals surface area contributed by atoms with Crippen LogP contribution in [0.25, 0.3) is 0 Å². The Kier molecular flexibility index (Phi) is 7.60. The quantitative estimate of drug-likeness (QED) is 0.527. The standard InChI is InChI=1S/C19H22F2N2OS/c1-2-12-24-18-8-4-3-6-14(18)7-5-11-22-19(25)23-15-9-10-16(20)17(21)13-15/h3-4,6,8-10,13H,2,5,7,11-12H2,1H3,(H2,22,23,25). The fourth-order valence-corrected chi connectivity index (χ4v) is 2.51. The van der Waals surface area contributed by atoms with Gasteiger partial charge in [0.1, 0.15) is 5.75 Å². The second kappa shape index (κ2) is 9.93. The van der Waals surface area contributed by atoms with E-state index in [9.17, 15) is 8.78 Å². The number of rotatable bonds is 8. The van der Waals surface area contributed by atoms with Crippen molar-refractivity contribution in [1.29, 1.82) is 0 Å². The van der Waals surface area contributed by atoms with E-state index in [-0.39, 0.29) is 0 Å². The summed E-state index contributed by atoms with van der Waals surface area (Å²) in [5.74, 6) is -0.864. The fourth-order valence-electron chi connectivity index (χ4n) is 2.29. The van der Waals surface area contributed by atoms with Crippen molar-refractivity contribution in [1.82, 2.24) is 5.32 Å². The van der Waals surface area contributed by atoms with Crippen LogP contribution >= 0.6 is 12.2 Å². The van der Waals surface area contributed by atoms with Crippen molar-refractivity contribution in [3.8, 4) is 5.75 Å². The first-order valence-electron chi connectivity index (χ1n) is 8.30. The van der Waals surface area contributed by atoms with E-state index in [0.29, 0.717) is 24.0 Å². The maximum Gasteiger partial charge on any atom is 0.170 e. The zero-order valence-corrected chi connectivity index (χ0v) is 15.0. The summed E-state index contributed by atoms with van der Waals surface area (Å²) in [5, 5.41) is 6.27. The van der Waals surface area contributed by atoms with Crippen LogP contribution in [0.2, 0.25) is 0 Å². The Morgan fingerprint density at radius 3 is 2.68 bits per heavy atom. The van der Waals surface area contributed by atoms with Gasteiger partial charge in [-0.2, -0.15) is 0 Å². The van der Waals surface area contributed by atoms with E-state index in [1.165, 1.54) is 6.07 Å². The molecule has 0 aliphatic carbocycles. The van der Waals surface area contributed by atoms with Crippen molar-refractivity contribution >= 4 is 23.0 Å². The second-order valence-corrected chi connectivity index (χ2v) is 5.98. The van der Waals surface area contributed by atoms with Gasteiger partial charge in [0, 0.05) is 18.3 Å². The highest BCUT2D eigenvalue weighted by atomic mass is 32.1. The molecule has 0 amide bonds. The fraction of sp³-hybridized carbons (Fsp3) is 0.316. The van der Waals surface area contributed by atoms with Crippen molar-refractivity contribution in [2.24, 2.45) is 0 Å². The molecule has 0 aliphatic rings. The first kappa shape index (κ1) is 19.1. The lowest BCUT2D eigenvalue weighted by Gasteiger charge is -2.12. The summed E-state index contributed by atoms with van der Waals surface area (Å²) in [4.78, 5) is 0. The Hall–Kier alpha value is -2.21. The summed E-state index contributed by atoms with van der Waals surface area (Å²) in [5.41, 5.74) is 1.58. The molecule has 2 N–H and O–H groups in total. The molecule has 25 heavy (non-hydrogen) atoms. The molecule has 2 aromatic carbocycles. The van der Waals surface area contributed by atoms with Gasteiger partial charge >= 0.3 is 0 Å². The largest absolute Gasteiger partial charge is 0.493 e. The molecule has 3 nitrogen and oxygen atoms in total. The van der Waals surface area contributed by atoms with Gasteiger partial charge in [-0.05, 0) is 55.2 Å². The molecule has 0 aliphatic heterocycles. The average Bonchev–Trinajstić information content (AvgIpc) is 2.61. The minimum Gasteiger partial charge on any atom is -0.493 e. The number of ether oxygens (including phenoxy) is 1. The average molecular weight is 364 g/mol. The Bertz CT molecular complexity index is 710. The number of anilines is 1. The molecular weight excluding hydrogens is 342 g/mol. The van der Waals surface area contributed by atoms with Gasteiger partial charge in [0.2, 0.25) is 0 Å². The van der Waals surface area contributed by atoms with Crippen molar-refractivity contribution in [2.75, 3.05) is 18.5 Å². The van der Waals surface area contributed by atoms with E-state index in [0.717, 1.165) is 42.7 Å². The third-order valence-corrected chi connectivity index (χ3v) is 3.77. The van der Waals surface area contributed by atoms with E-state index >= 15 is 0 Å². The minimum absolute atomic E-state index is 0.376. The molecule has 0 fully saturated rings. The smallest absolute Gasteiger partial charge is 0.170 e. The number of hydrogen-bond donors (Lipinski definition) is 2. The molecule has 2 aromatic rings. The van der Waals surface area contributed by atoms with Gasteiger partial charge < -0.3 is 15.4 Å². The van der Waals surface area contributed by atoms with Crippen LogP contribution in [0.3, 0.4) is 0 Å². The highest BCUT2D eigenvalue weighted by Gasteiger charge is 2.05. The molecule has 2 rings (SSSR count). The Morgan fingerprint density at radius 2 is 1.92 bits per heavy atom. The number of hydrogen-bond acceptors (Lipinski definition) is 2. The molecular formula is C19H22F2N2OS. The van der Waals surface area contributed by atoms with Crippen molar-refractivity contribution < 1.29 is 13.5 Å². The Balaban J connectivity index is 1.75. The molecule has 0 atom stereocenters. The maximum absolute atomic E-state index is 13.2. The van der Waals surface area contributed by atoms with Gasteiger partial charge in [0.05, 0.1) is 6.61 Å². The molecule has 0 spiro atoms. The van der Waals surface area contributed by atoms with Crippen LogP contribution in [-0.4, -0.2) is 18.3 Å². The molecule has 6 heteroatoms. The van der Waals surface area contributed by atoms with Gasteiger partial charge in [0.25, 0.3) is 0 Å². The summed E-state index contributed by atoms with van der Waals surface area (Å²) in [7, 11) is 0. The molecule has 0 heterocycles. The normalized spacial score (nSPS) is 10.4. The minimum atomic E-state index is -0.906. The van der Waals surface area contributed by atoms with Crippen LogP contribution in [0.1, 0.15) is 25.3 Å². The molecule has 0 saturated carbocycles. The summed E-state index contributed by atoms with van der Waals surface area (Å²) in [6.45, 7) is 3.45. The molecule has 0 aromatic heterocycles. The Morgan fingerprint density at radius 1 is 1.12 bits per heavy atom. The lowest BCUT2D eigenvalue weighted by Crippen LogP contribution is -2.29. The Labute approximate surface area is 152 Å². The van der Waals surface area contributed by atoms with Crippen LogP contribution in [-0.2, 0) is 6.42 Å². The summed E-state index contributed by atoms with van der Waals surface area (Å²) < 4.78 is 31.8. The second-order valence-electron chi connectivity index (χ2n) is 5.57.